The number of pyridine rings is 1. The first kappa shape index (κ1) is 11.1. The number of nitrogens with zero attached hydrogens (tertiary/aromatic N) is 1. The van der Waals surface area contributed by atoms with Crippen molar-refractivity contribution in [1.29, 1.82) is 0 Å². The van der Waals surface area contributed by atoms with Crippen LogP contribution in [0.4, 0.5) is 0 Å². The fourth-order valence-electron chi connectivity index (χ4n) is 2.01. The Morgan fingerprint density at radius 2 is 2.19 bits per heavy atom. The molecule has 0 aliphatic rings. The van der Waals surface area contributed by atoms with Gasteiger partial charge in [-0.05, 0) is 41.5 Å². The first-order valence-electron chi connectivity index (χ1n) is 5.81. The van der Waals surface area contributed by atoms with Gasteiger partial charge in [-0.3, -0.25) is 4.98 Å². The summed E-state index contributed by atoms with van der Waals surface area (Å²) >= 11 is 0. The van der Waals surface area contributed by atoms with Crippen molar-refractivity contribution in [3.63, 3.8) is 0 Å². The Bertz CT molecular complexity index is 479. The fraction of sp³-hybridized carbons (Fsp3) is 0.357. The Labute approximate surface area is 96.0 Å². The van der Waals surface area contributed by atoms with Gasteiger partial charge in [-0.25, -0.2) is 0 Å². The van der Waals surface area contributed by atoms with Crippen LogP contribution in [0.2, 0.25) is 0 Å². The summed E-state index contributed by atoms with van der Waals surface area (Å²) in [7, 11) is 0. The van der Waals surface area contributed by atoms with Crippen LogP contribution in [0.1, 0.15) is 30.9 Å². The van der Waals surface area contributed by atoms with Gasteiger partial charge in [0.25, 0.3) is 0 Å². The molecule has 1 heterocycles. The first-order valence-corrected chi connectivity index (χ1v) is 5.81. The van der Waals surface area contributed by atoms with Crippen molar-refractivity contribution < 1.29 is 5.11 Å². The number of aliphatic hydroxyl groups is 1. The van der Waals surface area contributed by atoms with Gasteiger partial charge in [0.15, 0.2) is 0 Å². The number of rotatable bonds is 4. The van der Waals surface area contributed by atoms with Crippen LogP contribution in [0.25, 0.3) is 10.8 Å². The number of aromatic nitrogens is 1. The van der Waals surface area contributed by atoms with Gasteiger partial charge < -0.3 is 5.11 Å². The van der Waals surface area contributed by atoms with Crippen molar-refractivity contribution in [2.24, 2.45) is 0 Å². The number of hydrogen-bond donors (Lipinski definition) is 1. The molecule has 2 aromatic rings. The largest absolute Gasteiger partial charge is 0.392 e. The summed E-state index contributed by atoms with van der Waals surface area (Å²) < 4.78 is 0. The van der Waals surface area contributed by atoms with Crippen molar-refractivity contribution in [1.82, 2.24) is 4.98 Å². The molecule has 0 spiro atoms. The SMILES string of the molecule is CCCCc1cc(CO)cc2ccncc12. The van der Waals surface area contributed by atoms with E-state index in [1.165, 1.54) is 29.2 Å². The molecule has 0 bridgehead atoms. The summed E-state index contributed by atoms with van der Waals surface area (Å²) in [5.74, 6) is 0. The zero-order valence-electron chi connectivity index (χ0n) is 9.61. The van der Waals surface area contributed by atoms with E-state index in [0.717, 1.165) is 12.0 Å². The van der Waals surface area contributed by atoms with Gasteiger partial charge in [0.2, 0.25) is 0 Å². The van der Waals surface area contributed by atoms with Gasteiger partial charge >= 0.3 is 0 Å². The lowest BCUT2D eigenvalue weighted by Gasteiger charge is -2.08. The van der Waals surface area contributed by atoms with Gasteiger partial charge in [-0.1, -0.05) is 19.4 Å². The van der Waals surface area contributed by atoms with E-state index in [1.807, 2.05) is 18.3 Å². The predicted octanol–water partition coefficient (Wildman–Crippen LogP) is 3.07. The number of fused-ring (bicyclic) bond motifs is 1. The monoisotopic (exact) mass is 215 g/mol. The average molecular weight is 215 g/mol. The first-order chi connectivity index (χ1) is 7.85. The second-order valence-corrected chi connectivity index (χ2v) is 4.11. The standard InChI is InChI=1S/C14H17NO/c1-2-3-4-12-7-11(10-16)8-13-5-6-15-9-14(12)13/h5-9,16H,2-4,10H2,1H3. The van der Waals surface area contributed by atoms with Crippen molar-refractivity contribution in [3.8, 4) is 0 Å². The van der Waals surface area contributed by atoms with Gasteiger partial charge in [0, 0.05) is 17.8 Å². The van der Waals surface area contributed by atoms with Gasteiger partial charge in [-0.2, -0.15) is 0 Å². The van der Waals surface area contributed by atoms with Crippen LogP contribution >= 0.6 is 0 Å². The maximum absolute atomic E-state index is 9.23. The van der Waals surface area contributed by atoms with E-state index in [0.29, 0.717) is 0 Å². The topological polar surface area (TPSA) is 33.1 Å². The molecule has 84 valence electrons. The highest BCUT2D eigenvalue weighted by Gasteiger charge is 2.03. The van der Waals surface area contributed by atoms with Crippen molar-refractivity contribution in [2.45, 2.75) is 32.8 Å². The number of unbranched alkanes of at least 4 members (excludes halogenated alkanes) is 1. The summed E-state index contributed by atoms with van der Waals surface area (Å²) in [6.07, 6.45) is 7.14. The van der Waals surface area contributed by atoms with E-state index in [1.54, 1.807) is 6.20 Å². The molecule has 0 radical (unpaired) electrons. The van der Waals surface area contributed by atoms with E-state index in [-0.39, 0.29) is 6.61 Å². The third-order valence-corrected chi connectivity index (χ3v) is 2.88. The summed E-state index contributed by atoms with van der Waals surface area (Å²) in [6.45, 7) is 2.30. The Morgan fingerprint density at radius 1 is 1.31 bits per heavy atom. The molecule has 0 aliphatic heterocycles. The van der Waals surface area contributed by atoms with Crippen LogP contribution in [0.5, 0.6) is 0 Å². The quantitative estimate of drug-likeness (QED) is 0.850. The molecule has 16 heavy (non-hydrogen) atoms. The predicted molar refractivity (Wildman–Crippen MR) is 66.3 cm³/mol. The molecule has 1 N–H and O–H groups in total. The Balaban J connectivity index is 2.50. The third kappa shape index (κ3) is 2.22. The molecule has 0 fully saturated rings. The van der Waals surface area contributed by atoms with E-state index in [2.05, 4.69) is 18.0 Å². The molecule has 0 saturated carbocycles. The molecule has 0 unspecified atom stereocenters. The molecule has 0 atom stereocenters. The molecular weight excluding hydrogens is 198 g/mol. The molecule has 0 saturated heterocycles. The summed E-state index contributed by atoms with van der Waals surface area (Å²) in [5, 5.41) is 11.6. The van der Waals surface area contributed by atoms with E-state index >= 15 is 0 Å². The van der Waals surface area contributed by atoms with E-state index in [9.17, 15) is 5.11 Å². The summed E-state index contributed by atoms with van der Waals surface area (Å²) in [6, 6.07) is 6.13. The molecule has 1 aromatic carbocycles. The smallest absolute Gasteiger partial charge is 0.0682 e. The number of hydrogen-bond acceptors (Lipinski definition) is 2. The van der Waals surface area contributed by atoms with E-state index in [4.69, 9.17) is 0 Å². The average Bonchev–Trinajstić information content (AvgIpc) is 2.35. The number of aryl methyl sites for hydroxylation is 1. The van der Waals surface area contributed by atoms with Crippen LogP contribution in [0.15, 0.2) is 30.6 Å². The lowest BCUT2D eigenvalue weighted by Crippen LogP contribution is -1.92. The maximum atomic E-state index is 9.23. The molecule has 0 aliphatic carbocycles. The molecule has 0 amide bonds. The minimum Gasteiger partial charge on any atom is -0.392 e. The Morgan fingerprint density at radius 3 is 2.94 bits per heavy atom. The zero-order chi connectivity index (χ0) is 11.4. The molecular formula is C14H17NO. The van der Waals surface area contributed by atoms with Crippen molar-refractivity contribution in [2.75, 3.05) is 0 Å². The molecule has 2 nitrogen and oxygen atoms in total. The normalized spacial score (nSPS) is 10.9. The van der Waals surface area contributed by atoms with Gasteiger partial charge in [-0.15, -0.1) is 0 Å². The third-order valence-electron chi connectivity index (χ3n) is 2.88. The molecule has 2 heteroatoms. The highest BCUT2D eigenvalue weighted by molar-refractivity contribution is 5.85. The number of benzene rings is 1. The Kier molecular flexibility index (Phi) is 3.52. The maximum Gasteiger partial charge on any atom is 0.0682 e. The summed E-state index contributed by atoms with van der Waals surface area (Å²) in [4.78, 5) is 4.17. The Hall–Kier alpha value is -1.41. The van der Waals surface area contributed by atoms with E-state index < -0.39 is 0 Å². The van der Waals surface area contributed by atoms with Crippen LogP contribution < -0.4 is 0 Å². The minimum atomic E-state index is 0.109. The van der Waals surface area contributed by atoms with Gasteiger partial charge in [0.05, 0.1) is 6.61 Å². The fourth-order valence-corrected chi connectivity index (χ4v) is 2.01. The lowest BCUT2D eigenvalue weighted by atomic mass is 9.99. The van der Waals surface area contributed by atoms with Gasteiger partial charge in [0.1, 0.15) is 0 Å². The highest BCUT2D eigenvalue weighted by atomic mass is 16.3. The molecule has 1 aromatic heterocycles. The van der Waals surface area contributed by atoms with Crippen LogP contribution in [-0.2, 0) is 13.0 Å². The van der Waals surface area contributed by atoms with Crippen molar-refractivity contribution >= 4 is 10.8 Å². The van der Waals surface area contributed by atoms with Crippen LogP contribution in [0.3, 0.4) is 0 Å². The zero-order valence-corrected chi connectivity index (χ0v) is 9.61. The van der Waals surface area contributed by atoms with Crippen LogP contribution in [-0.4, -0.2) is 10.1 Å². The summed E-state index contributed by atoms with van der Waals surface area (Å²) in [5.41, 5.74) is 2.29. The number of aliphatic hydroxyl groups excluding tert-OH is 1. The van der Waals surface area contributed by atoms with Crippen molar-refractivity contribution in [3.05, 3.63) is 41.7 Å². The lowest BCUT2D eigenvalue weighted by molar-refractivity contribution is 0.282. The highest BCUT2D eigenvalue weighted by Crippen LogP contribution is 2.22. The second kappa shape index (κ2) is 5.08. The second-order valence-electron chi connectivity index (χ2n) is 4.11. The molecule has 2 rings (SSSR count). The minimum absolute atomic E-state index is 0.109. The van der Waals surface area contributed by atoms with Crippen LogP contribution in [0, 0.1) is 0 Å².